The van der Waals surface area contributed by atoms with Crippen LogP contribution in [0.5, 0.6) is 0 Å². The Morgan fingerprint density at radius 1 is 1.17 bits per heavy atom. The Labute approximate surface area is 141 Å². The van der Waals surface area contributed by atoms with Crippen molar-refractivity contribution in [2.75, 3.05) is 0 Å². The van der Waals surface area contributed by atoms with Gasteiger partial charge in [-0.2, -0.15) is 0 Å². The molecule has 0 radical (unpaired) electrons. The first kappa shape index (κ1) is 19.6. The van der Waals surface area contributed by atoms with Gasteiger partial charge in [0.15, 0.2) is 0 Å². The summed E-state index contributed by atoms with van der Waals surface area (Å²) in [4.78, 5) is 35.3. The molecular weight excluding hydrogens is 310 g/mol. The molecule has 1 rings (SSSR count). The van der Waals surface area contributed by atoms with Gasteiger partial charge in [-0.05, 0) is 17.9 Å². The average Bonchev–Trinajstić information content (AvgIpc) is 2.52. The Morgan fingerprint density at radius 3 is 2.33 bits per heavy atom. The number of nitrogens with one attached hydrogen (secondary N) is 1. The Hall–Kier alpha value is -2.41. The lowest BCUT2D eigenvalue weighted by molar-refractivity contribution is -0.147. The standard InChI is InChI=1S/C17H25N3O4/c1-11(2)8-13(18)17(23)20-14(16(19)22)9-15(21)24-10-12-6-4-3-5-7-12/h3-7,11,13-14H,8-10,18H2,1-2H3,(H2,19,22)(H,20,23)/t13-,14-/m1/s1. The summed E-state index contributed by atoms with van der Waals surface area (Å²) in [5, 5.41) is 2.41. The van der Waals surface area contributed by atoms with Gasteiger partial charge in [0.2, 0.25) is 11.8 Å². The third-order valence-corrected chi connectivity index (χ3v) is 3.34. The maximum Gasteiger partial charge on any atom is 0.308 e. The highest BCUT2D eigenvalue weighted by molar-refractivity contribution is 5.91. The number of benzene rings is 1. The normalized spacial score (nSPS) is 13.2. The molecule has 0 saturated heterocycles. The topological polar surface area (TPSA) is 125 Å². The molecule has 0 heterocycles. The smallest absolute Gasteiger partial charge is 0.308 e. The first-order chi connectivity index (χ1) is 11.3. The van der Waals surface area contributed by atoms with Crippen LogP contribution in [-0.4, -0.2) is 29.9 Å². The minimum atomic E-state index is -1.14. The van der Waals surface area contributed by atoms with Gasteiger partial charge in [-0.15, -0.1) is 0 Å². The summed E-state index contributed by atoms with van der Waals surface area (Å²) in [5.41, 5.74) is 11.8. The number of ether oxygens (including phenoxy) is 1. The first-order valence-corrected chi connectivity index (χ1v) is 7.84. The molecule has 1 aromatic carbocycles. The van der Waals surface area contributed by atoms with Crippen LogP contribution in [0, 0.1) is 5.92 Å². The van der Waals surface area contributed by atoms with Crippen molar-refractivity contribution in [1.82, 2.24) is 5.32 Å². The van der Waals surface area contributed by atoms with Gasteiger partial charge >= 0.3 is 5.97 Å². The molecule has 0 aliphatic heterocycles. The van der Waals surface area contributed by atoms with Crippen LogP contribution in [0.2, 0.25) is 0 Å². The number of hydrogen-bond donors (Lipinski definition) is 3. The van der Waals surface area contributed by atoms with Crippen molar-refractivity contribution in [2.24, 2.45) is 17.4 Å². The number of carbonyl (C=O) groups excluding carboxylic acids is 3. The van der Waals surface area contributed by atoms with E-state index in [1.54, 1.807) is 0 Å². The van der Waals surface area contributed by atoms with Crippen molar-refractivity contribution in [3.05, 3.63) is 35.9 Å². The highest BCUT2D eigenvalue weighted by atomic mass is 16.5. The summed E-state index contributed by atoms with van der Waals surface area (Å²) in [6, 6.07) is 7.23. The fourth-order valence-electron chi connectivity index (χ4n) is 2.08. The second-order valence-electron chi connectivity index (χ2n) is 6.05. The first-order valence-electron chi connectivity index (χ1n) is 7.84. The van der Waals surface area contributed by atoms with E-state index in [1.165, 1.54) is 0 Å². The molecule has 7 nitrogen and oxygen atoms in total. The predicted octanol–water partition coefficient (Wildman–Crippen LogP) is 0.463. The molecule has 0 spiro atoms. The van der Waals surface area contributed by atoms with E-state index in [2.05, 4.69) is 5.32 Å². The van der Waals surface area contributed by atoms with Crippen molar-refractivity contribution in [2.45, 2.75) is 45.4 Å². The van der Waals surface area contributed by atoms with E-state index < -0.39 is 29.9 Å². The summed E-state index contributed by atoms with van der Waals surface area (Å²) >= 11 is 0. The zero-order valence-corrected chi connectivity index (χ0v) is 14.0. The number of nitrogens with two attached hydrogens (primary N) is 2. The van der Waals surface area contributed by atoms with Gasteiger partial charge in [-0.1, -0.05) is 44.2 Å². The Balaban J connectivity index is 2.51. The van der Waals surface area contributed by atoms with E-state index in [9.17, 15) is 14.4 Å². The summed E-state index contributed by atoms with van der Waals surface area (Å²) in [5.74, 6) is -1.71. The van der Waals surface area contributed by atoms with Gasteiger partial charge in [0.1, 0.15) is 12.6 Å². The Bertz CT molecular complexity index is 560. The summed E-state index contributed by atoms with van der Waals surface area (Å²) in [6.45, 7) is 3.95. The number of rotatable bonds is 9. The Morgan fingerprint density at radius 2 is 1.79 bits per heavy atom. The zero-order chi connectivity index (χ0) is 18.1. The fourth-order valence-corrected chi connectivity index (χ4v) is 2.08. The lowest BCUT2D eigenvalue weighted by Crippen LogP contribution is -2.51. The van der Waals surface area contributed by atoms with Gasteiger partial charge in [0, 0.05) is 0 Å². The minimum absolute atomic E-state index is 0.0893. The SMILES string of the molecule is CC(C)C[C@@H](N)C(=O)N[C@H](CC(=O)OCc1ccccc1)C(N)=O. The molecule has 7 heteroatoms. The van der Waals surface area contributed by atoms with E-state index in [1.807, 2.05) is 44.2 Å². The number of hydrogen-bond acceptors (Lipinski definition) is 5. The van der Waals surface area contributed by atoms with Crippen LogP contribution in [0.25, 0.3) is 0 Å². The molecule has 24 heavy (non-hydrogen) atoms. The number of esters is 1. The van der Waals surface area contributed by atoms with Gasteiger partial charge in [-0.3, -0.25) is 14.4 Å². The maximum absolute atomic E-state index is 12.0. The molecule has 0 fully saturated rings. The highest BCUT2D eigenvalue weighted by Crippen LogP contribution is 2.05. The van der Waals surface area contributed by atoms with Crippen LogP contribution in [0.15, 0.2) is 30.3 Å². The van der Waals surface area contributed by atoms with Crippen molar-refractivity contribution < 1.29 is 19.1 Å². The van der Waals surface area contributed by atoms with Crippen LogP contribution in [0.1, 0.15) is 32.3 Å². The second kappa shape index (κ2) is 9.67. The van der Waals surface area contributed by atoms with Gasteiger partial charge in [0.25, 0.3) is 0 Å². The molecule has 0 aliphatic carbocycles. The monoisotopic (exact) mass is 335 g/mol. The van der Waals surface area contributed by atoms with E-state index in [-0.39, 0.29) is 18.9 Å². The van der Waals surface area contributed by atoms with Crippen LogP contribution in [-0.2, 0) is 25.7 Å². The number of amides is 2. The molecule has 132 valence electrons. The molecular formula is C17H25N3O4. The summed E-state index contributed by atoms with van der Waals surface area (Å²) in [7, 11) is 0. The zero-order valence-electron chi connectivity index (χ0n) is 14.0. The molecule has 1 aromatic rings. The van der Waals surface area contributed by atoms with E-state index in [0.29, 0.717) is 6.42 Å². The summed E-state index contributed by atoms with van der Waals surface area (Å²) in [6.07, 6.45) is 0.137. The van der Waals surface area contributed by atoms with Crippen molar-refractivity contribution in [3.63, 3.8) is 0 Å². The number of primary amides is 1. The molecule has 0 bridgehead atoms. The van der Waals surface area contributed by atoms with E-state index in [0.717, 1.165) is 5.56 Å². The number of carbonyl (C=O) groups is 3. The molecule has 0 aliphatic rings. The predicted molar refractivity (Wildman–Crippen MR) is 89.4 cm³/mol. The third kappa shape index (κ3) is 7.23. The van der Waals surface area contributed by atoms with Crippen molar-refractivity contribution in [3.8, 4) is 0 Å². The molecule has 5 N–H and O–H groups in total. The molecule has 0 aromatic heterocycles. The lowest BCUT2D eigenvalue weighted by Gasteiger charge is -2.19. The van der Waals surface area contributed by atoms with E-state index in [4.69, 9.17) is 16.2 Å². The molecule has 0 saturated carbocycles. The average molecular weight is 335 g/mol. The van der Waals surface area contributed by atoms with Crippen LogP contribution >= 0.6 is 0 Å². The van der Waals surface area contributed by atoms with Crippen LogP contribution < -0.4 is 16.8 Å². The van der Waals surface area contributed by atoms with Gasteiger partial charge in [-0.25, -0.2) is 0 Å². The van der Waals surface area contributed by atoms with Crippen molar-refractivity contribution >= 4 is 17.8 Å². The largest absolute Gasteiger partial charge is 0.461 e. The van der Waals surface area contributed by atoms with Gasteiger partial charge in [0.05, 0.1) is 12.5 Å². The van der Waals surface area contributed by atoms with E-state index >= 15 is 0 Å². The van der Waals surface area contributed by atoms with Crippen molar-refractivity contribution in [1.29, 1.82) is 0 Å². The molecule has 2 amide bonds. The third-order valence-electron chi connectivity index (χ3n) is 3.34. The lowest BCUT2D eigenvalue weighted by atomic mass is 10.0. The molecule has 2 atom stereocenters. The van der Waals surface area contributed by atoms with Gasteiger partial charge < -0.3 is 21.5 Å². The maximum atomic E-state index is 12.0. The minimum Gasteiger partial charge on any atom is -0.461 e. The summed E-state index contributed by atoms with van der Waals surface area (Å²) < 4.78 is 5.09. The quantitative estimate of drug-likeness (QED) is 0.566. The van der Waals surface area contributed by atoms with Crippen LogP contribution in [0.3, 0.4) is 0 Å². The molecule has 0 unspecified atom stereocenters. The Kier molecular flexibility index (Phi) is 7.91. The fraction of sp³-hybridized carbons (Fsp3) is 0.471. The van der Waals surface area contributed by atoms with Crippen LogP contribution in [0.4, 0.5) is 0 Å². The highest BCUT2D eigenvalue weighted by Gasteiger charge is 2.25. The second-order valence-corrected chi connectivity index (χ2v) is 6.05.